The van der Waals surface area contributed by atoms with Crippen LogP contribution in [-0.4, -0.2) is 29.8 Å². The molecule has 1 unspecified atom stereocenters. The second-order valence-corrected chi connectivity index (χ2v) is 6.27. The zero-order valence-corrected chi connectivity index (χ0v) is 11.4. The number of pyridine rings is 1. The minimum atomic E-state index is 0.0947. The van der Waals surface area contributed by atoms with E-state index in [4.69, 9.17) is 5.73 Å². The number of rotatable bonds is 4. The standard InChI is InChI=1S/C15H23N3O/c16-14-8-13(4-6-17-14)18-7-1-5-15(10-18,11-19)9-12-2-3-12/h4,6,8,12,19H,1-3,5,7,9-11H2,(H2,16,17). The lowest BCUT2D eigenvalue weighted by atomic mass is 9.76. The van der Waals surface area contributed by atoms with Gasteiger partial charge in [-0.25, -0.2) is 4.98 Å². The van der Waals surface area contributed by atoms with Crippen molar-refractivity contribution < 1.29 is 5.11 Å². The third kappa shape index (κ3) is 2.84. The SMILES string of the molecule is Nc1cc(N2CCCC(CO)(CC3CC3)C2)ccn1. The van der Waals surface area contributed by atoms with Crippen LogP contribution in [0.1, 0.15) is 32.1 Å². The predicted octanol–water partition coefficient (Wildman–Crippen LogP) is 2.04. The van der Waals surface area contributed by atoms with Crippen LogP contribution in [0.4, 0.5) is 11.5 Å². The average molecular weight is 261 g/mol. The number of aliphatic hydroxyl groups excluding tert-OH is 1. The van der Waals surface area contributed by atoms with Gasteiger partial charge < -0.3 is 15.7 Å². The zero-order chi connectivity index (χ0) is 13.3. The first-order valence-electron chi connectivity index (χ1n) is 7.28. The third-order valence-corrected chi connectivity index (χ3v) is 4.55. The Hall–Kier alpha value is -1.29. The molecule has 0 amide bonds. The molecule has 104 valence electrons. The highest BCUT2D eigenvalue weighted by Gasteiger charge is 2.39. The van der Waals surface area contributed by atoms with Crippen molar-refractivity contribution in [2.75, 3.05) is 30.3 Å². The lowest BCUT2D eigenvalue weighted by Crippen LogP contribution is -2.45. The first-order valence-corrected chi connectivity index (χ1v) is 7.28. The molecule has 19 heavy (non-hydrogen) atoms. The van der Waals surface area contributed by atoms with Crippen LogP contribution in [0.15, 0.2) is 18.3 Å². The van der Waals surface area contributed by atoms with Crippen molar-refractivity contribution >= 4 is 11.5 Å². The first kappa shape index (κ1) is 12.7. The second kappa shape index (κ2) is 5.00. The van der Waals surface area contributed by atoms with Gasteiger partial charge in [0.1, 0.15) is 5.82 Å². The summed E-state index contributed by atoms with van der Waals surface area (Å²) in [6.07, 6.45) is 7.95. The van der Waals surface area contributed by atoms with Gasteiger partial charge in [-0.3, -0.25) is 0 Å². The van der Waals surface area contributed by atoms with Gasteiger partial charge in [0.25, 0.3) is 0 Å². The predicted molar refractivity (Wildman–Crippen MR) is 77.0 cm³/mol. The van der Waals surface area contributed by atoms with Crippen LogP contribution in [0, 0.1) is 11.3 Å². The largest absolute Gasteiger partial charge is 0.396 e. The molecule has 1 saturated heterocycles. The number of nitrogens with two attached hydrogens (primary N) is 1. The van der Waals surface area contributed by atoms with Crippen molar-refractivity contribution in [1.82, 2.24) is 4.98 Å². The smallest absolute Gasteiger partial charge is 0.125 e. The number of hydrogen-bond acceptors (Lipinski definition) is 4. The molecular formula is C15H23N3O. The number of nitrogens with zero attached hydrogens (tertiary/aromatic N) is 2. The van der Waals surface area contributed by atoms with Crippen LogP contribution < -0.4 is 10.6 Å². The number of anilines is 2. The Labute approximate surface area is 114 Å². The molecule has 1 aliphatic carbocycles. The lowest BCUT2D eigenvalue weighted by molar-refractivity contribution is 0.0904. The molecule has 3 N–H and O–H groups in total. The average Bonchev–Trinajstić information content (AvgIpc) is 3.23. The van der Waals surface area contributed by atoms with Crippen LogP contribution >= 0.6 is 0 Å². The van der Waals surface area contributed by atoms with E-state index in [9.17, 15) is 5.11 Å². The van der Waals surface area contributed by atoms with Crippen LogP contribution in [-0.2, 0) is 0 Å². The molecule has 1 saturated carbocycles. The lowest BCUT2D eigenvalue weighted by Gasteiger charge is -2.43. The summed E-state index contributed by atoms with van der Waals surface area (Å²) in [5, 5.41) is 9.87. The topological polar surface area (TPSA) is 62.4 Å². The van der Waals surface area contributed by atoms with Crippen LogP contribution in [0.3, 0.4) is 0 Å². The highest BCUT2D eigenvalue weighted by Crippen LogP contribution is 2.45. The summed E-state index contributed by atoms with van der Waals surface area (Å²) in [5.74, 6) is 1.43. The van der Waals surface area contributed by atoms with Gasteiger partial charge >= 0.3 is 0 Å². The normalized spacial score (nSPS) is 27.5. The Balaban J connectivity index is 1.75. The molecule has 1 aliphatic heterocycles. The van der Waals surface area contributed by atoms with E-state index >= 15 is 0 Å². The van der Waals surface area contributed by atoms with Crippen molar-refractivity contribution in [3.63, 3.8) is 0 Å². The number of hydrogen-bond donors (Lipinski definition) is 2. The Bertz CT molecular complexity index is 447. The molecule has 3 rings (SSSR count). The summed E-state index contributed by atoms with van der Waals surface area (Å²) >= 11 is 0. The van der Waals surface area contributed by atoms with Crippen LogP contribution in [0.25, 0.3) is 0 Å². The van der Waals surface area contributed by atoms with Crippen LogP contribution in [0.5, 0.6) is 0 Å². The maximum Gasteiger partial charge on any atom is 0.125 e. The molecular weight excluding hydrogens is 238 g/mol. The number of aromatic nitrogens is 1. The molecule has 0 spiro atoms. The quantitative estimate of drug-likeness (QED) is 0.870. The number of piperidine rings is 1. The Morgan fingerprint density at radius 3 is 3.00 bits per heavy atom. The van der Waals surface area contributed by atoms with E-state index in [2.05, 4.69) is 9.88 Å². The minimum absolute atomic E-state index is 0.0947. The van der Waals surface area contributed by atoms with Gasteiger partial charge in [0.05, 0.1) is 6.61 Å². The molecule has 0 bridgehead atoms. The summed E-state index contributed by atoms with van der Waals surface area (Å²) in [5.41, 5.74) is 7.00. The first-order chi connectivity index (χ1) is 9.21. The Morgan fingerprint density at radius 2 is 2.32 bits per heavy atom. The summed E-state index contributed by atoms with van der Waals surface area (Å²) in [6.45, 7) is 2.31. The molecule has 4 nitrogen and oxygen atoms in total. The van der Waals surface area contributed by atoms with E-state index in [-0.39, 0.29) is 5.41 Å². The molecule has 2 fully saturated rings. The Kier molecular flexibility index (Phi) is 3.35. The van der Waals surface area contributed by atoms with Crippen molar-refractivity contribution in [3.05, 3.63) is 18.3 Å². The molecule has 1 aromatic rings. The van der Waals surface area contributed by atoms with E-state index < -0.39 is 0 Å². The fourth-order valence-corrected chi connectivity index (χ4v) is 3.36. The fourth-order valence-electron chi connectivity index (χ4n) is 3.36. The molecule has 0 aromatic carbocycles. The maximum absolute atomic E-state index is 9.87. The van der Waals surface area contributed by atoms with Crippen molar-refractivity contribution in [2.45, 2.75) is 32.1 Å². The van der Waals surface area contributed by atoms with E-state index in [1.807, 2.05) is 12.1 Å². The summed E-state index contributed by atoms with van der Waals surface area (Å²) < 4.78 is 0. The van der Waals surface area contributed by atoms with E-state index in [1.165, 1.54) is 19.3 Å². The molecule has 2 heterocycles. The van der Waals surface area contributed by atoms with E-state index in [0.29, 0.717) is 12.4 Å². The van der Waals surface area contributed by atoms with Gasteiger partial charge in [-0.15, -0.1) is 0 Å². The van der Waals surface area contributed by atoms with Gasteiger partial charge in [0.15, 0.2) is 0 Å². The third-order valence-electron chi connectivity index (χ3n) is 4.55. The number of aliphatic hydroxyl groups is 1. The van der Waals surface area contributed by atoms with Gasteiger partial charge in [0, 0.05) is 36.5 Å². The molecule has 1 aromatic heterocycles. The zero-order valence-electron chi connectivity index (χ0n) is 11.4. The highest BCUT2D eigenvalue weighted by molar-refractivity contribution is 5.52. The Morgan fingerprint density at radius 1 is 1.47 bits per heavy atom. The molecule has 0 radical (unpaired) electrons. The van der Waals surface area contributed by atoms with Gasteiger partial charge in [-0.05, 0) is 31.2 Å². The van der Waals surface area contributed by atoms with Gasteiger partial charge in [-0.1, -0.05) is 12.8 Å². The van der Waals surface area contributed by atoms with Crippen molar-refractivity contribution in [2.24, 2.45) is 11.3 Å². The fraction of sp³-hybridized carbons (Fsp3) is 0.667. The van der Waals surface area contributed by atoms with E-state index in [0.717, 1.165) is 37.5 Å². The van der Waals surface area contributed by atoms with Crippen molar-refractivity contribution in [1.29, 1.82) is 0 Å². The highest BCUT2D eigenvalue weighted by atomic mass is 16.3. The van der Waals surface area contributed by atoms with Gasteiger partial charge in [0.2, 0.25) is 0 Å². The number of nitrogen functional groups attached to an aromatic ring is 1. The monoisotopic (exact) mass is 261 g/mol. The van der Waals surface area contributed by atoms with E-state index in [1.54, 1.807) is 6.20 Å². The molecule has 2 aliphatic rings. The maximum atomic E-state index is 9.87. The molecule has 1 atom stereocenters. The van der Waals surface area contributed by atoms with Crippen LogP contribution in [0.2, 0.25) is 0 Å². The summed E-state index contributed by atoms with van der Waals surface area (Å²) in [6, 6.07) is 3.95. The van der Waals surface area contributed by atoms with Gasteiger partial charge in [-0.2, -0.15) is 0 Å². The summed E-state index contributed by atoms with van der Waals surface area (Å²) in [7, 11) is 0. The second-order valence-electron chi connectivity index (χ2n) is 6.27. The van der Waals surface area contributed by atoms with Crippen molar-refractivity contribution in [3.8, 4) is 0 Å². The summed E-state index contributed by atoms with van der Waals surface area (Å²) in [4.78, 5) is 6.41. The minimum Gasteiger partial charge on any atom is -0.396 e. The molecule has 4 heteroatoms.